The number of nitrogens with one attached hydrogen (secondary N) is 1. The summed E-state index contributed by atoms with van der Waals surface area (Å²) in [6.07, 6.45) is 3.11. The lowest BCUT2D eigenvalue weighted by Gasteiger charge is -2.19. The molecule has 0 aromatic carbocycles. The van der Waals surface area contributed by atoms with Crippen LogP contribution in [0.5, 0.6) is 0 Å². The Morgan fingerprint density at radius 3 is 2.73 bits per heavy atom. The standard InChI is InChI=1S/C15H16FN3O3/c1-15(2,3)22-14(21)18-12-5-4-6-19(13(12)20)11-7-10(16)8-17-9-11/h4-9H,1-3H3,(H,18,21). The van der Waals surface area contributed by atoms with Crippen LogP contribution in [0.25, 0.3) is 5.69 Å². The smallest absolute Gasteiger partial charge is 0.412 e. The lowest BCUT2D eigenvalue weighted by Crippen LogP contribution is -2.30. The van der Waals surface area contributed by atoms with Gasteiger partial charge < -0.3 is 4.74 Å². The van der Waals surface area contributed by atoms with Crippen molar-refractivity contribution in [2.24, 2.45) is 0 Å². The molecule has 0 aliphatic rings. The van der Waals surface area contributed by atoms with Crippen LogP contribution in [0.2, 0.25) is 0 Å². The molecule has 0 aliphatic heterocycles. The molecular weight excluding hydrogens is 289 g/mol. The van der Waals surface area contributed by atoms with E-state index in [-0.39, 0.29) is 11.4 Å². The number of amides is 1. The summed E-state index contributed by atoms with van der Waals surface area (Å²) in [6, 6.07) is 4.17. The molecule has 0 aliphatic carbocycles. The Morgan fingerprint density at radius 2 is 2.09 bits per heavy atom. The molecule has 0 saturated heterocycles. The minimum Gasteiger partial charge on any atom is -0.444 e. The van der Waals surface area contributed by atoms with Crippen molar-refractivity contribution in [2.75, 3.05) is 5.32 Å². The largest absolute Gasteiger partial charge is 0.444 e. The van der Waals surface area contributed by atoms with Crippen LogP contribution in [0.15, 0.2) is 41.6 Å². The summed E-state index contributed by atoms with van der Waals surface area (Å²) in [5.74, 6) is -0.560. The average Bonchev–Trinajstić information content (AvgIpc) is 2.39. The zero-order valence-electron chi connectivity index (χ0n) is 12.5. The van der Waals surface area contributed by atoms with Crippen molar-refractivity contribution in [3.63, 3.8) is 0 Å². The minimum atomic E-state index is -0.736. The van der Waals surface area contributed by atoms with Crippen LogP contribution in [-0.4, -0.2) is 21.2 Å². The molecule has 0 radical (unpaired) electrons. The minimum absolute atomic E-state index is 0.0287. The Morgan fingerprint density at radius 1 is 1.36 bits per heavy atom. The number of nitrogens with zero attached hydrogens (tertiary/aromatic N) is 2. The number of carbonyl (C=O) groups is 1. The summed E-state index contributed by atoms with van der Waals surface area (Å²) in [7, 11) is 0. The number of pyridine rings is 2. The number of rotatable bonds is 2. The highest BCUT2D eigenvalue weighted by atomic mass is 19.1. The number of hydrogen-bond donors (Lipinski definition) is 1. The summed E-state index contributed by atoms with van der Waals surface area (Å²) in [4.78, 5) is 27.7. The quantitative estimate of drug-likeness (QED) is 0.926. The lowest BCUT2D eigenvalue weighted by molar-refractivity contribution is 0.0635. The molecule has 1 N–H and O–H groups in total. The first-order valence-corrected chi connectivity index (χ1v) is 6.59. The molecule has 6 nitrogen and oxygen atoms in total. The molecule has 22 heavy (non-hydrogen) atoms. The Balaban J connectivity index is 2.31. The molecule has 0 unspecified atom stereocenters. The van der Waals surface area contributed by atoms with E-state index in [2.05, 4.69) is 10.3 Å². The molecule has 2 aromatic heterocycles. The maximum absolute atomic E-state index is 13.2. The second-order valence-corrected chi connectivity index (χ2v) is 5.59. The third-order valence-electron chi connectivity index (χ3n) is 2.55. The molecule has 1 amide bonds. The Bertz CT molecular complexity index is 750. The van der Waals surface area contributed by atoms with Gasteiger partial charge in [0.2, 0.25) is 0 Å². The van der Waals surface area contributed by atoms with Crippen LogP contribution >= 0.6 is 0 Å². The van der Waals surface area contributed by atoms with Gasteiger partial charge in [-0.2, -0.15) is 0 Å². The monoisotopic (exact) mass is 305 g/mol. The molecule has 2 aromatic rings. The summed E-state index contributed by atoms with van der Waals surface area (Å²) in [5, 5.41) is 2.38. The zero-order chi connectivity index (χ0) is 16.3. The molecule has 2 rings (SSSR count). The Kier molecular flexibility index (Phi) is 4.25. The number of aromatic nitrogens is 2. The highest BCUT2D eigenvalue weighted by molar-refractivity contribution is 5.84. The maximum Gasteiger partial charge on any atom is 0.412 e. The van der Waals surface area contributed by atoms with E-state index in [0.717, 1.165) is 6.20 Å². The van der Waals surface area contributed by atoms with Crippen molar-refractivity contribution in [3.05, 3.63) is 53.0 Å². The zero-order valence-corrected chi connectivity index (χ0v) is 12.5. The fourth-order valence-electron chi connectivity index (χ4n) is 1.74. The molecule has 0 saturated carbocycles. The predicted octanol–water partition coefficient (Wildman–Crippen LogP) is 2.72. The van der Waals surface area contributed by atoms with Gasteiger partial charge in [0.15, 0.2) is 0 Å². The van der Waals surface area contributed by atoms with Crippen molar-refractivity contribution in [2.45, 2.75) is 26.4 Å². The summed E-state index contributed by atoms with van der Waals surface area (Å²) < 4.78 is 19.5. The van der Waals surface area contributed by atoms with Crippen molar-refractivity contribution in [1.82, 2.24) is 9.55 Å². The lowest BCUT2D eigenvalue weighted by atomic mass is 10.2. The summed E-state index contributed by atoms with van der Waals surface area (Å²) in [6.45, 7) is 5.15. The van der Waals surface area contributed by atoms with E-state index < -0.39 is 23.1 Å². The normalized spacial score (nSPS) is 11.1. The van der Waals surface area contributed by atoms with Gasteiger partial charge in [-0.25, -0.2) is 9.18 Å². The van der Waals surface area contributed by atoms with Gasteiger partial charge in [-0.15, -0.1) is 0 Å². The fraction of sp³-hybridized carbons (Fsp3) is 0.267. The number of ether oxygens (including phenoxy) is 1. The maximum atomic E-state index is 13.2. The van der Waals surface area contributed by atoms with Gasteiger partial charge >= 0.3 is 6.09 Å². The topological polar surface area (TPSA) is 73.2 Å². The molecule has 2 heterocycles. The van der Waals surface area contributed by atoms with Crippen LogP contribution in [0, 0.1) is 5.82 Å². The SMILES string of the molecule is CC(C)(C)OC(=O)Nc1cccn(-c2cncc(F)c2)c1=O. The highest BCUT2D eigenvalue weighted by Gasteiger charge is 2.17. The first-order valence-electron chi connectivity index (χ1n) is 6.59. The first-order chi connectivity index (χ1) is 10.3. The molecule has 116 valence electrons. The highest BCUT2D eigenvalue weighted by Crippen LogP contribution is 2.11. The fourth-order valence-corrected chi connectivity index (χ4v) is 1.74. The molecule has 0 fully saturated rings. The first kappa shape index (κ1) is 15.7. The van der Waals surface area contributed by atoms with Gasteiger partial charge in [-0.3, -0.25) is 19.7 Å². The van der Waals surface area contributed by atoms with E-state index in [0.29, 0.717) is 0 Å². The number of halogens is 1. The average molecular weight is 305 g/mol. The van der Waals surface area contributed by atoms with E-state index in [4.69, 9.17) is 4.74 Å². The van der Waals surface area contributed by atoms with E-state index in [1.165, 1.54) is 29.1 Å². The Labute approximate surface area is 126 Å². The third kappa shape index (κ3) is 3.91. The molecule has 7 heteroatoms. The molecule has 0 atom stereocenters. The van der Waals surface area contributed by atoms with E-state index in [1.54, 1.807) is 26.8 Å². The number of carbonyl (C=O) groups excluding carboxylic acids is 1. The third-order valence-corrected chi connectivity index (χ3v) is 2.55. The van der Waals surface area contributed by atoms with Gasteiger partial charge in [0.05, 0.1) is 18.1 Å². The second-order valence-electron chi connectivity index (χ2n) is 5.59. The summed E-state index contributed by atoms with van der Waals surface area (Å²) in [5.41, 5.74) is -0.899. The number of anilines is 1. The van der Waals surface area contributed by atoms with Crippen LogP contribution in [0.3, 0.4) is 0 Å². The molecule has 0 spiro atoms. The van der Waals surface area contributed by atoms with Gasteiger partial charge in [0.25, 0.3) is 5.56 Å². The summed E-state index contributed by atoms with van der Waals surface area (Å²) >= 11 is 0. The van der Waals surface area contributed by atoms with Gasteiger partial charge in [0, 0.05) is 12.3 Å². The van der Waals surface area contributed by atoms with Crippen LogP contribution in [0.1, 0.15) is 20.8 Å². The van der Waals surface area contributed by atoms with Gasteiger partial charge in [0.1, 0.15) is 17.1 Å². The van der Waals surface area contributed by atoms with Gasteiger partial charge in [-0.05, 0) is 32.9 Å². The van der Waals surface area contributed by atoms with Crippen LogP contribution in [-0.2, 0) is 4.74 Å². The number of hydrogen-bond acceptors (Lipinski definition) is 4. The van der Waals surface area contributed by atoms with Crippen LogP contribution < -0.4 is 10.9 Å². The van der Waals surface area contributed by atoms with Crippen molar-refractivity contribution < 1.29 is 13.9 Å². The van der Waals surface area contributed by atoms with E-state index in [1.807, 2.05) is 0 Å². The van der Waals surface area contributed by atoms with Gasteiger partial charge in [-0.1, -0.05) is 0 Å². The van der Waals surface area contributed by atoms with Crippen molar-refractivity contribution >= 4 is 11.8 Å². The van der Waals surface area contributed by atoms with Crippen molar-refractivity contribution in [1.29, 1.82) is 0 Å². The second kappa shape index (κ2) is 5.97. The Hall–Kier alpha value is -2.70. The van der Waals surface area contributed by atoms with E-state index >= 15 is 0 Å². The van der Waals surface area contributed by atoms with Crippen LogP contribution in [0.4, 0.5) is 14.9 Å². The predicted molar refractivity (Wildman–Crippen MR) is 79.6 cm³/mol. The molecular formula is C15H16FN3O3. The van der Waals surface area contributed by atoms with Crippen molar-refractivity contribution in [3.8, 4) is 5.69 Å². The molecule has 0 bridgehead atoms. The van der Waals surface area contributed by atoms with E-state index in [9.17, 15) is 14.0 Å².